The molecule has 0 aromatic heterocycles. The molecule has 9 nitrogen and oxygen atoms in total. The van der Waals surface area contributed by atoms with Crippen LogP contribution in [-0.2, 0) is 14.3 Å². The molecule has 2 aromatic rings. The maximum absolute atomic E-state index is 12.1. The highest BCUT2D eigenvalue weighted by Gasteiger charge is 2.19. The van der Waals surface area contributed by atoms with Gasteiger partial charge in [0.25, 0.3) is 11.6 Å². The molecule has 0 aliphatic carbocycles. The Balaban J connectivity index is 1.87. The second-order valence-corrected chi connectivity index (χ2v) is 6.57. The highest BCUT2D eigenvalue weighted by molar-refractivity contribution is 6.32. The summed E-state index contributed by atoms with van der Waals surface area (Å²) in [6, 6.07) is 10.6. The van der Waals surface area contributed by atoms with E-state index in [1.165, 1.54) is 19.2 Å². The van der Waals surface area contributed by atoms with Gasteiger partial charge in [-0.05, 0) is 31.2 Å². The number of nitro groups is 1. The average Bonchev–Trinajstić information content (AvgIpc) is 2.67. The van der Waals surface area contributed by atoms with Crippen LogP contribution in [0.5, 0.6) is 0 Å². The van der Waals surface area contributed by atoms with Crippen LogP contribution in [0.25, 0.3) is 0 Å². The predicted octanol–water partition coefficient (Wildman–Crippen LogP) is 2.81. The van der Waals surface area contributed by atoms with Crippen molar-refractivity contribution in [2.75, 3.05) is 25.5 Å². The first-order chi connectivity index (χ1) is 13.7. The van der Waals surface area contributed by atoms with Gasteiger partial charge in [0, 0.05) is 18.8 Å². The third-order valence-electron chi connectivity index (χ3n) is 3.85. The van der Waals surface area contributed by atoms with Crippen LogP contribution in [0.15, 0.2) is 42.5 Å². The third-order valence-corrected chi connectivity index (χ3v) is 4.17. The van der Waals surface area contributed by atoms with Crippen molar-refractivity contribution in [2.45, 2.75) is 6.92 Å². The van der Waals surface area contributed by atoms with Crippen molar-refractivity contribution in [1.29, 1.82) is 0 Å². The zero-order chi connectivity index (χ0) is 21.6. The van der Waals surface area contributed by atoms with Gasteiger partial charge in [0.05, 0.1) is 17.0 Å². The van der Waals surface area contributed by atoms with E-state index in [0.717, 1.165) is 16.5 Å². The third kappa shape index (κ3) is 6.28. The molecule has 2 aromatic carbocycles. The lowest BCUT2D eigenvalue weighted by Gasteiger charge is -2.17. The number of rotatable bonds is 7. The molecular weight excluding hydrogens is 402 g/mol. The fraction of sp³-hybridized carbons (Fsp3) is 0.211. The zero-order valence-electron chi connectivity index (χ0n) is 15.7. The lowest BCUT2D eigenvalue weighted by atomic mass is 10.2. The summed E-state index contributed by atoms with van der Waals surface area (Å²) in [6.45, 7) is 1.06. The van der Waals surface area contributed by atoms with Crippen molar-refractivity contribution in [3.05, 3.63) is 68.7 Å². The first kappa shape index (κ1) is 21.8. The van der Waals surface area contributed by atoms with Crippen molar-refractivity contribution in [1.82, 2.24) is 4.90 Å². The van der Waals surface area contributed by atoms with Gasteiger partial charge >= 0.3 is 5.97 Å². The molecule has 2 amide bonds. The molecule has 29 heavy (non-hydrogen) atoms. The van der Waals surface area contributed by atoms with E-state index in [-0.39, 0.29) is 17.1 Å². The molecule has 0 atom stereocenters. The summed E-state index contributed by atoms with van der Waals surface area (Å²) in [5.41, 5.74) is 1.08. The van der Waals surface area contributed by atoms with Gasteiger partial charge in [-0.2, -0.15) is 0 Å². The quantitative estimate of drug-likeness (QED) is 0.418. The van der Waals surface area contributed by atoms with Crippen molar-refractivity contribution in [3.8, 4) is 0 Å². The van der Waals surface area contributed by atoms with Gasteiger partial charge in [0.15, 0.2) is 6.61 Å². The van der Waals surface area contributed by atoms with Gasteiger partial charge in [-0.25, -0.2) is 4.79 Å². The molecular formula is C19H18ClN3O6. The summed E-state index contributed by atoms with van der Waals surface area (Å²) >= 11 is 5.69. The van der Waals surface area contributed by atoms with Crippen LogP contribution in [-0.4, -0.2) is 47.8 Å². The Morgan fingerprint density at radius 2 is 1.83 bits per heavy atom. The summed E-state index contributed by atoms with van der Waals surface area (Å²) in [7, 11) is 1.39. The zero-order valence-corrected chi connectivity index (χ0v) is 16.4. The Bertz CT molecular complexity index is 945. The number of esters is 1. The van der Waals surface area contributed by atoms with E-state index >= 15 is 0 Å². The number of halogens is 1. The highest BCUT2D eigenvalue weighted by atomic mass is 35.5. The smallest absolute Gasteiger partial charge is 0.338 e. The van der Waals surface area contributed by atoms with E-state index in [9.17, 15) is 24.5 Å². The molecule has 2 rings (SSSR count). The van der Waals surface area contributed by atoms with Crippen molar-refractivity contribution in [3.63, 3.8) is 0 Å². The summed E-state index contributed by atoms with van der Waals surface area (Å²) in [6.07, 6.45) is 0. The monoisotopic (exact) mass is 419 g/mol. The summed E-state index contributed by atoms with van der Waals surface area (Å²) < 4.78 is 4.87. The molecule has 10 heteroatoms. The molecule has 0 bridgehead atoms. The van der Waals surface area contributed by atoms with Crippen molar-refractivity contribution >= 4 is 40.8 Å². The Kier molecular flexibility index (Phi) is 7.27. The van der Waals surface area contributed by atoms with E-state index in [4.69, 9.17) is 16.3 Å². The van der Waals surface area contributed by atoms with E-state index in [1.807, 2.05) is 19.1 Å². The van der Waals surface area contributed by atoms with Gasteiger partial charge < -0.3 is 15.0 Å². The fourth-order valence-corrected chi connectivity index (χ4v) is 2.43. The second-order valence-electron chi connectivity index (χ2n) is 6.16. The van der Waals surface area contributed by atoms with Crippen LogP contribution in [0.1, 0.15) is 15.9 Å². The topological polar surface area (TPSA) is 119 Å². The lowest BCUT2D eigenvalue weighted by Crippen LogP contribution is -2.37. The number of hydrogen-bond acceptors (Lipinski definition) is 6. The van der Waals surface area contributed by atoms with E-state index in [2.05, 4.69) is 5.32 Å². The Labute approximate surface area is 171 Å². The maximum Gasteiger partial charge on any atom is 0.338 e. The second kappa shape index (κ2) is 9.65. The van der Waals surface area contributed by atoms with E-state index in [1.54, 1.807) is 12.1 Å². The number of ether oxygens (including phenoxy) is 1. The predicted molar refractivity (Wildman–Crippen MR) is 106 cm³/mol. The minimum absolute atomic E-state index is 0.117. The lowest BCUT2D eigenvalue weighted by molar-refractivity contribution is -0.384. The highest BCUT2D eigenvalue weighted by Crippen LogP contribution is 2.25. The summed E-state index contributed by atoms with van der Waals surface area (Å²) in [5.74, 6) is -1.94. The SMILES string of the molecule is Cc1ccc(NC(=O)CN(C)C(=O)COC(=O)c2ccc(Cl)c([N+](=O)[O-])c2)cc1. The molecule has 0 spiro atoms. The van der Waals surface area contributed by atoms with Gasteiger partial charge in [0.1, 0.15) is 5.02 Å². The number of likely N-dealkylation sites (N-methyl/N-ethyl adjacent to an activating group) is 1. The number of nitro benzene ring substituents is 1. The van der Waals surface area contributed by atoms with Gasteiger partial charge in [-0.3, -0.25) is 19.7 Å². The van der Waals surface area contributed by atoms with Crippen LogP contribution < -0.4 is 5.32 Å². The minimum atomic E-state index is -0.921. The molecule has 0 heterocycles. The number of nitrogens with zero attached hydrogens (tertiary/aromatic N) is 2. The molecule has 0 saturated heterocycles. The van der Waals surface area contributed by atoms with Gasteiger partial charge in [-0.1, -0.05) is 29.3 Å². The first-order valence-corrected chi connectivity index (χ1v) is 8.76. The van der Waals surface area contributed by atoms with Crippen LogP contribution in [0.2, 0.25) is 5.02 Å². The van der Waals surface area contributed by atoms with E-state index in [0.29, 0.717) is 5.69 Å². The summed E-state index contributed by atoms with van der Waals surface area (Å²) in [5, 5.41) is 13.4. The molecule has 0 aliphatic heterocycles. The number of hydrogen-bond donors (Lipinski definition) is 1. The van der Waals surface area contributed by atoms with Gasteiger partial charge in [0.2, 0.25) is 5.91 Å². The normalized spacial score (nSPS) is 10.2. The Hall–Kier alpha value is -3.46. The summed E-state index contributed by atoms with van der Waals surface area (Å²) in [4.78, 5) is 47.3. The largest absolute Gasteiger partial charge is 0.452 e. The molecule has 0 unspecified atom stereocenters. The van der Waals surface area contributed by atoms with Gasteiger partial charge in [-0.15, -0.1) is 0 Å². The fourth-order valence-electron chi connectivity index (χ4n) is 2.24. The van der Waals surface area contributed by atoms with Crippen LogP contribution in [0.3, 0.4) is 0 Å². The number of aryl methyl sites for hydroxylation is 1. The molecule has 0 saturated carbocycles. The maximum atomic E-state index is 12.1. The van der Waals surface area contributed by atoms with Crippen molar-refractivity contribution < 1.29 is 24.0 Å². The number of benzene rings is 2. The van der Waals surface area contributed by atoms with Crippen LogP contribution in [0, 0.1) is 17.0 Å². The average molecular weight is 420 g/mol. The first-order valence-electron chi connectivity index (χ1n) is 8.39. The molecule has 0 radical (unpaired) electrons. The molecule has 0 fully saturated rings. The molecule has 0 aliphatic rings. The Morgan fingerprint density at radius 1 is 1.17 bits per heavy atom. The molecule has 152 valence electrons. The number of carbonyl (C=O) groups excluding carboxylic acids is 3. The van der Waals surface area contributed by atoms with Crippen molar-refractivity contribution in [2.24, 2.45) is 0 Å². The molecule has 1 N–H and O–H groups in total. The number of anilines is 1. The van der Waals surface area contributed by atoms with E-state index < -0.39 is 35.0 Å². The number of nitrogens with one attached hydrogen (secondary N) is 1. The van der Waals surface area contributed by atoms with Crippen LogP contribution in [0.4, 0.5) is 11.4 Å². The standard InChI is InChI=1S/C19H18ClN3O6/c1-12-3-6-14(7-4-12)21-17(24)10-22(2)18(25)11-29-19(26)13-5-8-15(20)16(9-13)23(27)28/h3-9H,10-11H2,1-2H3,(H,21,24). The minimum Gasteiger partial charge on any atom is -0.452 e. The Morgan fingerprint density at radius 3 is 2.45 bits per heavy atom. The van der Waals surface area contributed by atoms with Crippen LogP contribution >= 0.6 is 11.6 Å². The number of amides is 2. The number of carbonyl (C=O) groups is 3.